The molecule has 0 heterocycles. The lowest BCUT2D eigenvalue weighted by atomic mass is 10.0. The quantitative estimate of drug-likeness (QED) is 0.748. The number of carbonyl (C=O) groups is 2. The van der Waals surface area contributed by atoms with E-state index in [2.05, 4.69) is 5.32 Å². The smallest absolute Gasteiger partial charge is 0.416 e. The Kier molecular flexibility index (Phi) is 6.14. The van der Waals surface area contributed by atoms with Gasteiger partial charge in [0.25, 0.3) is 0 Å². The van der Waals surface area contributed by atoms with Gasteiger partial charge in [-0.1, -0.05) is 18.2 Å². The van der Waals surface area contributed by atoms with E-state index < -0.39 is 47.7 Å². The van der Waals surface area contributed by atoms with E-state index in [1.807, 2.05) is 0 Å². The average molecular weight is 387 g/mol. The summed E-state index contributed by atoms with van der Waals surface area (Å²) in [5.41, 5.74) is -0.881. The van der Waals surface area contributed by atoms with Crippen molar-refractivity contribution in [2.75, 3.05) is 0 Å². The summed E-state index contributed by atoms with van der Waals surface area (Å²) in [6.45, 7) is 0. The third kappa shape index (κ3) is 6.05. The Morgan fingerprint density at radius 2 is 1.63 bits per heavy atom. The van der Waals surface area contributed by atoms with Gasteiger partial charge in [-0.2, -0.15) is 13.2 Å². The van der Waals surface area contributed by atoms with E-state index >= 15 is 0 Å². The Balaban J connectivity index is 2.09. The summed E-state index contributed by atoms with van der Waals surface area (Å²) in [7, 11) is 0. The Labute approximate surface area is 150 Å². The fourth-order valence-corrected chi connectivity index (χ4v) is 2.45. The summed E-state index contributed by atoms with van der Waals surface area (Å²) in [5, 5.41) is 11.4. The van der Waals surface area contributed by atoms with Crippen LogP contribution in [0.4, 0.5) is 22.0 Å². The second-order valence-electron chi connectivity index (χ2n) is 5.82. The maximum atomic E-state index is 13.1. The van der Waals surface area contributed by atoms with Crippen molar-refractivity contribution in [1.82, 2.24) is 5.32 Å². The minimum Gasteiger partial charge on any atom is -0.480 e. The molecule has 0 bridgehead atoms. The van der Waals surface area contributed by atoms with Crippen molar-refractivity contribution in [3.63, 3.8) is 0 Å². The molecule has 0 saturated heterocycles. The molecule has 0 saturated carbocycles. The van der Waals surface area contributed by atoms with Crippen LogP contribution in [-0.4, -0.2) is 23.0 Å². The molecule has 0 aliphatic carbocycles. The van der Waals surface area contributed by atoms with Crippen molar-refractivity contribution in [2.24, 2.45) is 0 Å². The molecule has 0 radical (unpaired) electrons. The lowest BCUT2D eigenvalue weighted by Gasteiger charge is -2.16. The predicted molar refractivity (Wildman–Crippen MR) is 84.8 cm³/mol. The highest BCUT2D eigenvalue weighted by atomic mass is 19.4. The van der Waals surface area contributed by atoms with Crippen LogP contribution in [0.25, 0.3) is 0 Å². The molecule has 9 heteroatoms. The minimum absolute atomic E-state index is 0.00629. The number of benzene rings is 2. The van der Waals surface area contributed by atoms with Crippen molar-refractivity contribution in [2.45, 2.75) is 25.1 Å². The van der Waals surface area contributed by atoms with Gasteiger partial charge in [0.05, 0.1) is 12.0 Å². The van der Waals surface area contributed by atoms with Gasteiger partial charge in [0.15, 0.2) is 0 Å². The maximum absolute atomic E-state index is 13.1. The van der Waals surface area contributed by atoms with Gasteiger partial charge in [-0.15, -0.1) is 0 Å². The molecular formula is C18H14F5NO3. The number of aliphatic carboxylic acids is 1. The topological polar surface area (TPSA) is 66.4 Å². The van der Waals surface area contributed by atoms with Gasteiger partial charge in [0.2, 0.25) is 5.91 Å². The van der Waals surface area contributed by atoms with E-state index in [9.17, 15) is 36.6 Å². The summed E-state index contributed by atoms with van der Waals surface area (Å²) < 4.78 is 64.5. The van der Waals surface area contributed by atoms with Crippen LogP contribution in [0, 0.1) is 11.6 Å². The highest BCUT2D eigenvalue weighted by Crippen LogP contribution is 2.29. The highest BCUT2D eigenvalue weighted by Gasteiger charge is 2.31. The molecule has 2 aromatic carbocycles. The molecule has 144 valence electrons. The molecule has 2 aromatic rings. The van der Waals surface area contributed by atoms with E-state index in [-0.39, 0.29) is 17.5 Å². The van der Waals surface area contributed by atoms with Crippen molar-refractivity contribution in [1.29, 1.82) is 0 Å². The van der Waals surface area contributed by atoms with Gasteiger partial charge in [0.1, 0.15) is 17.7 Å². The first-order chi connectivity index (χ1) is 12.5. The first kappa shape index (κ1) is 20.3. The van der Waals surface area contributed by atoms with Crippen molar-refractivity contribution in [3.05, 3.63) is 70.8 Å². The molecule has 0 spiro atoms. The van der Waals surface area contributed by atoms with Crippen LogP contribution in [0.5, 0.6) is 0 Å². The van der Waals surface area contributed by atoms with Gasteiger partial charge in [-0.25, -0.2) is 13.6 Å². The molecule has 0 aliphatic rings. The van der Waals surface area contributed by atoms with E-state index in [0.29, 0.717) is 6.07 Å². The molecule has 4 nitrogen and oxygen atoms in total. The number of amides is 1. The van der Waals surface area contributed by atoms with E-state index in [1.54, 1.807) is 0 Å². The summed E-state index contributed by atoms with van der Waals surface area (Å²) in [5.74, 6) is -4.07. The predicted octanol–water partition coefficient (Wildman–Crippen LogP) is 3.34. The molecule has 1 amide bonds. The lowest BCUT2D eigenvalue weighted by Crippen LogP contribution is -2.43. The third-order valence-corrected chi connectivity index (χ3v) is 3.61. The monoisotopic (exact) mass is 387 g/mol. The van der Waals surface area contributed by atoms with Crippen LogP contribution < -0.4 is 5.32 Å². The second kappa shape index (κ2) is 8.15. The molecule has 2 N–H and O–H groups in total. The molecule has 0 fully saturated rings. The fraction of sp³-hybridized carbons (Fsp3) is 0.222. The maximum Gasteiger partial charge on any atom is 0.416 e. The SMILES string of the molecule is O=C(Cc1cc(F)cc(F)c1)N[C@H](Cc1cccc(C(F)(F)F)c1)C(=O)O. The van der Waals surface area contributed by atoms with Crippen LogP contribution in [0.2, 0.25) is 0 Å². The summed E-state index contributed by atoms with van der Waals surface area (Å²) >= 11 is 0. The molecule has 0 aliphatic heterocycles. The number of carboxylic acid groups (broad SMARTS) is 1. The lowest BCUT2D eigenvalue weighted by molar-refractivity contribution is -0.141. The number of halogens is 5. The van der Waals surface area contributed by atoms with E-state index in [1.165, 1.54) is 6.07 Å². The number of carboxylic acids is 1. The van der Waals surface area contributed by atoms with Crippen LogP contribution in [0.3, 0.4) is 0 Å². The van der Waals surface area contributed by atoms with Crippen LogP contribution in [0.15, 0.2) is 42.5 Å². The van der Waals surface area contributed by atoms with Crippen molar-refractivity contribution in [3.8, 4) is 0 Å². The zero-order valence-corrected chi connectivity index (χ0v) is 13.7. The zero-order chi connectivity index (χ0) is 20.2. The number of alkyl halides is 3. The van der Waals surface area contributed by atoms with E-state index in [0.717, 1.165) is 30.3 Å². The Hall–Kier alpha value is -2.97. The summed E-state index contributed by atoms with van der Waals surface area (Å²) in [6.07, 6.45) is -5.46. The molecule has 2 rings (SSSR count). The average Bonchev–Trinajstić information content (AvgIpc) is 2.52. The Bertz CT molecular complexity index is 831. The largest absolute Gasteiger partial charge is 0.480 e. The van der Waals surface area contributed by atoms with E-state index in [4.69, 9.17) is 0 Å². The van der Waals surface area contributed by atoms with Gasteiger partial charge in [-0.05, 0) is 29.3 Å². The number of carbonyl (C=O) groups excluding carboxylic acids is 1. The zero-order valence-electron chi connectivity index (χ0n) is 13.7. The first-order valence-electron chi connectivity index (χ1n) is 7.68. The summed E-state index contributed by atoms with van der Waals surface area (Å²) in [4.78, 5) is 23.3. The molecule has 0 unspecified atom stereocenters. The van der Waals surface area contributed by atoms with Crippen molar-refractivity contribution < 1.29 is 36.6 Å². The third-order valence-electron chi connectivity index (χ3n) is 3.61. The fourth-order valence-electron chi connectivity index (χ4n) is 2.45. The van der Waals surface area contributed by atoms with Gasteiger partial charge in [-0.3, -0.25) is 4.79 Å². The highest BCUT2D eigenvalue weighted by molar-refractivity contribution is 5.85. The van der Waals surface area contributed by atoms with Crippen LogP contribution in [0.1, 0.15) is 16.7 Å². The Morgan fingerprint density at radius 3 is 2.19 bits per heavy atom. The number of hydrogen-bond acceptors (Lipinski definition) is 2. The van der Waals surface area contributed by atoms with Crippen molar-refractivity contribution >= 4 is 11.9 Å². The minimum atomic E-state index is -4.58. The summed E-state index contributed by atoms with van der Waals surface area (Å²) in [6, 6.07) is 5.04. The number of nitrogens with one attached hydrogen (secondary N) is 1. The molecule has 0 aromatic heterocycles. The Morgan fingerprint density at radius 1 is 1.00 bits per heavy atom. The van der Waals surface area contributed by atoms with Gasteiger partial charge in [0, 0.05) is 12.5 Å². The molecular weight excluding hydrogens is 373 g/mol. The van der Waals surface area contributed by atoms with Crippen LogP contribution >= 0.6 is 0 Å². The number of hydrogen-bond donors (Lipinski definition) is 2. The standard InChI is InChI=1S/C18H14F5NO3/c19-13-5-11(6-14(20)9-13)8-16(25)24-15(17(26)27)7-10-2-1-3-12(4-10)18(21,22)23/h1-6,9,15H,7-8H2,(H,24,25)(H,26,27)/t15-/m1/s1. The second-order valence-corrected chi connectivity index (χ2v) is 5.82. The molecule has 1 atom stereocenters. The number of rotatable bonds is 6. The first-order valence-corrected chi connectivity index (χ1v) is 7.68. The van der Waals surface area contributed by atoms with Crippen LogP contribution in [-0.2, 0) is 28.6 Å². The normalized spacial score (nSPS) is 12.5. The van der Waals surface area contributed by atoms with Gasteiger partial charge < -0.3 is 10.4 Å². The van der Waals surface area contributed by atoms with Gasteiger partial charge >= 0.3 is 12.1 Å². The molecule has 27 heavy (non-hydrogen) atoms.